The van der Waals surface area contributed by atoms with Gasteiger partial charge in [-0.15, -0.1) is 0 Å². The number of pyridine rings is 1. The summed E-state index contributed by atoms with van der Waals surface area (Å²) in [5, 5.41) is 12.5. The summed E-state index contributed by atoms with van der Waals surface area (Å²) < 4.78 is 0. The molecule has 0 spiro atoms. The molecule has 1 aromatic carbocycles. The van der Waals surface area contributed by atoms with Crippen LogP contribution in [0.2, 0.25) is 0 Å². The minimum Gasteiger partial charge on any atom is -0.353 e. The fraction of sp³-hybridized carbons (Fsp3) is 0.250. The molecule has 0 saturated carbocycles. The van der Waals surface area contributed by atoms with Gasteiger partial charge in [0.15, 0.2) is 0 Å². The fourth-order valence-electron chi connectivity index (χ4n) is 2.00. The number of hydrogen-bond donors (Lipinski definition) is 1. The van der Waals surface area contributed by atoms with Gasteiger partial charge in [0.2, 0.25) is 0 Å². The van der Waals surface area contributed by atoms with Gasteiger partial charge in [0.1, 0.15) is 6.07 Å². The highest BCUT2D eigenvalue weighted by Crippen LogP contribution is 2.29. The molecular weight excluding hydrogens is 234 g/mol. The van der Waals surface area contributed by atoms with Crippen molar-refractivity contribution < 1.29 is 0 Å². The van der Waals surface area contributed by atoms with E-state index >= 15 is 0 Å². The standard InChI is InChI=1S/C16H17N3/c1-11(2)15-16(12(3)8-9-18-15)19-14-7-5-4-6-13(14)10-17/h4-9,11,19H,1-3H3. The van der Waals surface area contributed by atoms with Crippen LogP contribution in [0.25, 0.3) is 0 Å². The highest BCUT2D eigenvalue weighted by molar-refractivity contribution is 5.70. The van der Waals surface area contributed by atoms with Gasteiger partial charge in [0.25, 0.3) is 0 Å². The molecule has 19 heavy (non-hydrogen) atoms. The van der Waals surface area contributed by atoms with Crippen molar-refractivity contribution in [2.45, 2.75) is 26.7 Å². The van der Waals surface area contributed by atoms with Crippen LogP contribution >= 0.6 is 0 Å². The summed E-state index contributed by atoms with van der Waals surface area (Å²) in [7, 11) is 0. The van der Waals surface area contributed by atoms with Crippen LogP contribution in [0.1, 0.15) is 36.6 Å². The highest BCUT2D eigenvalue weighted by atomic mass is 14.9. The van der Waals surface area contributed by atoms with Gasteiger partial charge < -0.3 is 5.32 Å². The molecule has 0 aliphatic heterocycles. The molecule has 1 aromatic heterocycles. The third-order valence-electron chi connectivity index (χ3n) is 3.04. The summed E-state index contributed by atoms with van der Waals surface area (Å²) in [6, 6.07) is 11.7. The molecule has 2 rings (SSSR count). The molecule has 0 aliphatic rings. The minimum atomic E-state index is 0.330. The second-order valence-corrected chi connectivity index (χ2v) is 4.83. The van der Waals surface area contributed by atoms with Gasteiger partial charge in [0.05, 0.1) is 22.6 Å². The van der Waals surface area contributed by atoms with Crippen molar-refractivity contribution in [1.82, 2.24) is 4.98 Å². The number of para-hydroxylation sites is 1. The van der Waals surface area contributed by atoms with Crippen LogP contribution in [0.5, 0.6) is 0 Å². The molecule has 0 bridgehead atoms. The molecule has 3 heteroatoms. The van der Waals surface area contributed by atoms with E-state index in [1.54, 1.807) is 0 Å². The Morgan fingerprint density at radius 3 is 2.63 bits per heavy atom. The Kier molecular flexibility index (Phi) is 3.82. The molecule has 0 fully saturated rings. The smallest absolute Gasteiger partial charge is 0.101 e. The number of anilines is 2. The van der Waals surface area contributed by atoms with E-state index in [1.807, 2.05) is 43.5 Å². The molecular formula is C16H17N3. The van der Waals surface area contributed by atoms with Gasteiger partial charge in [0, 0.05) is 6.20 Å². The van der Waals surface area contributed by atoms with Crippen molar-refractivity contribution in [3.8, 4) is 6.07 Å². The highest BCUT2D eigenvalue weighted by Gasteiger charge is 2.12. The van der Waals surface area contributed by atoms with Gasteiger partial charge in [-0.3, -0.25) is 4.98 Å². The second kappa shape index (κ2) is 5.53. The molecule has 1 N–H and O–H groups in total. The summed E-state index contributed by atoms with van der Waals surface area (Å²) in [5.41, 5.74) is 4.61. The van der Waals surface area contributed by atoms with Crippen molar-refractivity contribution >= 4 is 11.4 Å². The van der Waals surface area contributed by atoms with Gasteiger partial charge in [-0.1, -0.05) is 26.0 Å². The maximum absolute atomic E-state index is 9.14. The first-order valence-corrected chi connectivity index (χ1v) is 6.35. The zero-order valence-electron chi connectivity index (χ0n) is 11.4. The molecule has 3 nitrogen and oxygen atoms in total. The topological polar surface area (TPSA) is 48.7 Å². The van der Waals surface area contributed by atoms with Gasteiger partial charge in [-0.05, 0) is 36.6 Å². The van der Waals surface area contributed by atoms with Gasteiger partial charge in [-0.25, -0.2) is 0 Å². The summed E-state index contributed by atoms with van der Waals surface area (Å²) in [6.07, 6.45) is 1.83. The predicted octanol–water partition coefficient (Wildman–Crippen LogP) is 4.13. The van der Waals surface area contributed by atoms with E-state index in [0.29, 0.717) is 11.5 Å². The average molecular weight is 251 g/mol. The Morgan fingerprint density at radius 2 is 1.95 bits per heavy atom. The molecule has 96 valence electrons. The maximum Gasteiger partial charge on any atom is 0.101 e. The van der Waals surface area contributed by atoms with Crippen LogP contribution in [-0.4, -0.2) is 4.98 Å². The number of aryl methyl sites for hydroxylation is 1. The summed E-state index contributed by atoms with van der Waals surface area (Å²) in [4.78, 5) is 4.45. The Labute approximate surface area is 113 Å². The van der Waals surface area contributed by atoms with Crippen LogP contribution in [0.15, 0.2) is 36.5 Å². The van der Waals surface area contributed by atoms with E-state index in [0.717, 1.165) is 22.6 Å². The lowest BCUT2D eigenvalue weighted by Crippen LogP contribution is -2.03. The van der Waals surface area contributed by atoms with Crippen molar-refractivity contribution in [3.63, 3.8) is 0 Å². The first-order valence-electron chi connectivity index (χ1n) is 6.35. The lowest BCUT2D eigenvalue weighted by atomic mass is 10.0. The first-order chi connectivity index (χ1) is 9.13. The zero-order chi connectivity index (χ0) is 13.8. The van der Waals surface area contributed by atoms with Crippen LogP contribution in [0.3, 0.4) is 0 Å². The lowest BCUT2D eigenvalue weighted by molar-refractivity contribution is 0.824. The Bertz CT molecular complexity index is 624. The monoisotopic (exact) mass is 251 g/mol. The summed E-state index contributed by atoms with van der Waals surface area (Å²) in [6.45, 7) is 6.27. The van der Waals surface area contributed by atoms with E-state index < -0.39 is 0 Å². The second-order valence-electron chi connectivity index (χ2n) is 4.83. The normalized spacial score (nSPS) is 10.3. The molecule has 1 heterocycles. The van der Waals surface area contributed by atoms with Crippen molar-refractivity contribution in [2.75, 3.05) is 5.32 Å². The fourth-order valence-corrected chi connectivity index (χ4v) is 2.00. The number of rotatable bonds is 3. The van der Waals surface area contributed by atoms with Gasteiger partial charge in [-0.2, -0.15) is 5.26 Å². The molecule has 0 saturated heterocycles. The SMILES string of the molecule is Cc1ccnc(C(C)C)c1Nc1ccccc1C#N. The predicted molar refractivity (Wildman–Crippen MR) is 77.5 cm³/mol. The minimum absolute atomic E-state index is 0.330. The van der Waals surface area contributed by atoms with E-state index in [1.165, 1.54) is 0 Å². The molecule has 0 unspecified atom stereocenters. The quantitative estimate of drug-likeness (QED) is 0.892. The number of nitrogens with one attached hydrogen (secondary N) is 1. The summed E-state index contributed by atoms with van der Waals surface area (Å²) in [5.74, 6) is 0.330. The molecule has 0 radical (unpaired) electrons. The number of nitriles is 1. The van der Waals surface area contributed by atoms with Crippen LogP contribution in [0.4, 0.5) is 11.4 Å². The van der Waals surface area contributed by atoms with Crippen LogP contribution in [-0.2, 0) is 0 Å². The molecule has 0 aliphatic carbocycles. The van der Waals surface area contributed by atoms with E-state index in [-0.39, 0.29) is 0 Å². The lowest BCUT2D eigenvalue weighted by Gasteiger charge is -2.16. The third-order valence-corrected chi connectivity index (χ3v) is 3.04. The van der Waals surface area contributed by atoms with Crippen molar-refractivity contribution in [3.05, 3.63) is 53.3 Å². The number of hydrogen-bond acceptors (Lipinski definition) is 3. The molecule has 2 aromatic rings. The van der Waals surface area contributed by atoms with Crippen molar-refractivity contribution in [1.29, 1.82) is 5.26 Å². The maximum atomic E-state index is 9.14. The number of benzene rings is 1. The summed E-state index contributed by atoms with van der Waals surface area (Å²) >= 11 is 0. The third kappa shape index (κ3) is 2.74. The Hall–Kier alpha value is -2.34. The molecule has 0 atom stereocenters. The Balaban J connectivity index is 2.47. The largest absolute Gasteiger partial charge is 0.353 e. The van der Waals surface area contributed by atoms with Crippen LogP contribution in [0, 0.1) is 18.3 Å². The number of aromatic nitrogens is 1. The van der Waals surface area contributed by atoms with E-state index in [4.69, 9.17) is 5.26 Å². The van der Waals surface area contributed by atoms with Crippen molar-refractivity contribution in [2.24, 2.45) is 0 Å². The number of nitrogens with zero attached hydrogens (tertiary/aromatic N) is 2. The average Bonchev–Trinajstić information content (AvgIpc) is 2.41. The van der Waals surface area contributed by atoms with Crippen LogP contribution < -0.4 is 5.32 Å². The first kappa shape index (κ1) is 13.1. The van der Waals surface area contributed by atoms with E-state index in [2.05, 4.69) is 30.2 Å². The van der Waals surface area contributed by atoms with Gasteiger partial charge >= 0.3 is 0 Å². The van der Waals surface area contributed by atoms with E-state index in [9.17, 15) is 0 Å². The Morgan fingerprint density at radius 1 is 1.21 bits per heavy atom. The zero-order valence-corrected chi connectivity index (χ0v) is 11.4. The molecule has 0 amide bonds.